The fourth-order valence-corrected chi connectivity index (χ4v) is 3.01. The Balaban J connectivity index is 1.90. The van der Waals surface area contributed by atoms with Crippen molar-refractivity contribution in [1.29, 1.82) is 0 Å². The molecule has 0 aliphatic carbocycles. The fraction of sp³-hybridized carbons (Fsp3) is 0.286. The molecule has 3 aromatic rings. The van der Waals surface area contributed by atoms with E-state index in [1.54, 1.807) is 12.1 Å². The van der Waals surface area contributed by atoms with E-state index in [0.717, 1.165) is 22.9 Å². The van der Waals surface area contributed by atoms with Crippen LogP contribution in [0.4, 0.5) is 4.39 Å². The van der Waals surface area contributed by atoms with Crippen molar-refractivity contribution in [3.63, 3.8) is 0 Å². The van der Waals surface area contributed by atoms with E-state index in [2.05, 4.69) is 20.5 Å². The highest BCUT2D eigenvalue weighted by molar-refractivity contribution is 7.98. The van der Waals surface area contributed by atoms with E-state index < -0.39 is 0 Å². The summed E-state index contributed by atoms with van der Waals surface area (Å²) in [5, 5.41) is 16.7. The number of nitrogens with two attached hydrogens (primary N) is 1. The first-order valence-corrected chi connectivity index (χ1v) is 7.98. The van der Waals surface area contributed by atoms with Crippen LogP contribution >= 0.6 is 11.8 Å². The van der Waals surface area contributed by atoms with Crippen LogP contribution in [0.15, 0.2) is 34.1 Å². The minimum atomic E-state index is -0.291. The van der Waals surface area contributed by atoms with Crippen molar-refractivity contribution in [3.8, 4) is 5.69 Å². The van der Waals surface area contributed by atoms with Crippen molar-refractivity contribution in [2.75, 3.05) is 6.54 Å². The highest BCUT2D eigenvalue weighted by atomic mass is 32.2. The minimum absolute atomic E-state index is 0.291. The molecule has 2 N–H and O–H groups in total. The summed E-state index contributed by atoms with van der Waals surface area (Å²) in [4.78, 5) is 0. The summed E-state index contributed by atoms with van der Waals surface area (Å²) < 4.78 is 19.7. The number of nitrogens with zero attached hydrogens (tertiary/aromatic N) is 5. The molecule has 7 nitrogen and oxygen atoms in total. The van der Waals surface area contributed by atoms with Gasteiger partial charge in [-0.1, -0.05) is 22.1 Å². The van der Waals surface area contributed by atoms with Gasteiger partial charge >= 0.3 is 0 Å². The van der Waals surface area contributed by atoms with Crippen LogP contribution in [0, 0.1) is 12.7 Å². The third kappa shape index (κ3) is 3.40. The van der Waals surface area contributed by atoms with Crippen LogP contribution in [0.2, 0.25) is 0 Å². The van der Waals surface area contributed by atoms with Crippen molar-refractivity contribution < 1.29 is 9.02 Å². The van der Waals surface area contributed by atoms with E-state index in [0.29, 0.717) is 23.9 Å². The van der Waals surface area contributed by atoms with Crippen LogP contribution < -0.4 is 5.73 Å². The number of aryl methyl sites for hydroxylation is 1. The molecule has 0 radical (unpaired) electrons. The third-order valence-corrected chi connectivity index (χ3v) is 4.18. The Morgan fingerprint density at radius 2 is 2.00 bits per heavy atom. The highest BCUT2D eigenvalue weighted by Gasteiger charge is 2.15. The lowest BCUT2D eigenvalue weighted by atomic mass is 10.3. The SMILES string of the molecule is Cc1nonc1CSc1nnc(CCN)n1-c1ccc(F)cc1. The predicted octanol–water partition coefficient (Wildman–Crippen LogP) is 1.89. The maximum atomic E-state index is 13.2. The average molecular weight is 334 g/mol. The monoisotopic (exact) mass is 334 g/mol. The second-order valence-electron chi connectivity index (χ2n) is 4.83. The zero-order chi connectivity index (χ0) is 16.2. The van der Waals surface area contributed by atoms with Gasteiger partial charge in [0.2, 0.25) is 0 Å². The van der Waals surface area contributed by atoms with Gasteiger partial charge in [0.15, 0.2) is 5.16 Å². The van der Waals surface area contributed by atoms with Gasteiger partial charge in [-0.05, 0) is 37.7 Å². The van der Waals surface area contributed by atoms with Gasteiger partial charge in [-0.2, -0.15) is 0 Å². The van der Waals surface area contributed by atoms with Crippen LogP contribution in [-0.4, -0.2) is 31.6 Å². The molecule has 3 rings (SSSR count). The van der Waals surface area contributed by atoms with E-state index >= 15 is 0 Å². The third-order valence-electron chi connectivity index (χ3n) is 3.24. The smallest absolute Gasteiger partial charge is 0.196 e. The molecule has 0 saturated heterocycles. The van der Waals surface area contributed by atoms with Crippen LogP contribution in [0.5, 0.6) is 0 Å². The largest absolute Gasteiger partial charge is 0.330 e. The number of hydrogen-bond donors (Lipinski definition) is 1. The molecular formula is C14H15FN6OS. The maximum absolute atomic E-state index is 13.2. The van der Waals surface area contributed by atoms with Crippen molar-refractivity contribution in [3.05, 3.63) is 47.3 Å². The lowest BCUT2D eigenvalue weighted by molar-refractivity contribution is 0.302. The lowest BCUT2D eigenvalue weighted by Crippen LogP contribution is -2.09. The summed E-state index contributed by atoms with van der Waals surface area (Å²) in [6.45, 7) is 2.28. The van der Waals surface area contributed by atoms with Gasteiger partial charge < -0.3 is 5.73 Å². The van der Waals surface area contributed by atoms with Gasteiger partial charge in [-0.15, -0.1) is 10.2 Å². The Kier molecular flexibility index (Phi) is 4.68. The number of benzene rings is 1. The topological polar surface area (TPSA) is 95.7 Å². The molecule has 0 aliphatic rings. The molecule has 0 unspecified atom stereocenters. The summed E-state index contributed by atoms with van der Waals surface area (Å²) in [6, 6.07) is 6.18. The Bertz CT molecular complexity index is 785. The summed E-state index contributed by atoms with van der Waals surface area (Å²) in [5.41, 5.74) is 7.92. The van der Waals surface area contributed by atoms with Crippen molar-refractivity contribution in [1.82, 2.24) is 25.1 Å². The zero-order valence-corrected chi connectivity index (χ0v) is 13.3. The Labute approximate surface area is 136 Å². The van der Waals surface area contributed by atoms with Crippen LogP contribution in [-0.2, 0) is 12.2 Å². The molecule has 1 aromatic carbocycles. The van der Waals surface area contributed by atoms with Gasteiger partial charge in [-0.3, -0.25) is 4.57 Å². The molecule has 0 bridgehead atoms. The molecule has 0 spiro atoms. The van der Waals surface area contributed by atoms with Crippen molar-refractivity contribution in [2.45, 2.75) is 24.3 Å². The Morgan fingerprint density at radius 1 is 1.22 bits per heavy atom. The van der Waals surface area contributed by atoms with Gasteiger partial charge in [0.1, 0.15) is 23.0 Å². The number of halogens is 1. The normalized spacial score (nSPS) is 11.1. The van der Waals surface area contributed by atoms with E-state index in [4.69, 9.17) is 10.4 Å². The van der Waals surface area contributed by atoms with Crippen LogP contribution in [0.1, 0.15) is 17.2 Å². The lowest BCUT2D eigenvalue weighted by Gasteiger charge is -2.09. The maximum Gasteiger partial charge on any atom is 0.196 e. The molecule has 120 valence electrons. The quantitative estimate of drug-likeness (QED) is 0.688. The number of aromatic nitrogens is 5. The van der Waals surface area contributed by atoms with Crippen LogP contribution in [0.25, 0.3) is 5.69 Å². The molecule has 0 saturated carbocycles. The summed E-state index contributed by atoms with van der Waals surface area (Å²) in [6.07, 6.45) is 0.579. The number of rotatable bonds is 6. The molecule has 2 aromatic heterocycles. The van der Waals surface area contributed by atoms with E-state index in [-0.39, 0.29) is 5.82 Å². The minimum Gasteiger partial charge on any atom is -0.330 e. The van der Waals surface area contributed by atoms with Crippen molar-refractivity contribution in [2.24, 2.45) is 5.73 Å². The Hall–Kier alpha value is -2.26. The first-order chi connectivity index (χ1) is 11.2. The predicted molar refractivity (Wildman–Crippen MR) is 82.7 cm³/mol. The molecule has 0 fully saturated rings. The van der Waals surface area contributed by atoms with Crippen LogP contribution in [0.3, 0.4) is 0 Å². The van der Waals surface area contributed by atoms with Gasteiger partial charge in [0.25, 0.3) is 0 Å². The number of hydrogen-bond acceptors (Lipinski definition) is 7. The van der Waals surface area contributed by atoms with Crippen molar-refractivity contribution >= 4 is 11.8 Å². The second kappa shape index (κ2) is 6.88. The Morgan fingerprint density at radius 3 is 2.65 bits per heavy atom. The van der Waals surface area contributed by atoms with Gasteiger partial charge in [0.05, 0.1) is 0 Å². The molecule has 0 aliphatic heterocycles. The highest BCUT2D eigenvalue weighted by Crippen LogP contribution is 2.25. The van der Waals surface area contributed by atoms with E-state index in [1.165, 1.54) is 23.9 Å². The standard InChI is InChI=1S/C14H15FN6OS/c1-9-12(20-22-19-9)8-23-14-18-17-13(6-7-16)21(14)11-4-2-10(15)3-5-11/h2-5H,6-8,16H2,1H3. The fourth-order valence-electron chi connectivity index (χ4n) is 2.05. The van der Waals surface area contributed by atoms with E-state index in [9.17, 15) is 4.39 Å². The molecule has 0 atom stereocenters. The molecule has 2 heterocycles. The first-order valence-electron chi connectivity index (χ1n) is 7.00. The molecular weight excluding hydrogens is 319 g/mol. The number of thioether (sulfide) groups is 1. The average Bonchev–Trinajstić information content (AvgIpc) is 3.13. The summed E-state index contributed by atoms with van der Waals surface area (Å²) in [5.74, 6) is 0.995. The zero-order valence-electron chi connectivity index (χ0n) is 12.4. The second-order valence-corrected chi connectivity index (χ2v) is 5.78. The summed E-state index contributed by atoms with van der Waals surface area (Å²) >= 11 is 1.46. The van der Waals surface area contributed by atoms with Gasteiger partial charge in [0, 0.05) is 17.9 Å². The van der Waals surface area contributed by atoms with E-state index in [1.807, 2.05) is 11.5 Å². The molecule has 23 heavy (non-hydrogen) atoms. The van der Waals surface area contributed by atoms with Gasteiger partial charge in [-0.25, -0.2) is 9.02 Å². The first kappa shape index (κ1) is 15.6. The summed E-state index contributed by atoms with van der Waals surface area (Å²) in [7, 11) is 0. The molecule has 9 heteroatoms. The molecule has 0 amide bonds.